The Bertz CT molecular complexity index is 1910. The molecule has 1 atom stereocenters. The van der Waals surface area contributed by atoms with Gasteiger partial charge in [0.25, 0.3) is 0 Å². The van der Waals surface area contributed by atoms with Gasteiger partial charge < -0.3 is 19.9 Å². The van der Waals surface area contributed by atoms with Gasteiger partial charge in [-0.1, -0.05) is 17.7 Å². The number of piperazine rings is 1. The lowest BCUT2D eigenvalue weighted by molar-refractivity contribution is -0.134. The summed E-state index contributed by atoms with van der Waals surface area (Å²) in [5.74, 6) is 1.93. The number of ether oxygens (including phenoxy) is 1. The van der Waals surface area contributed by atoms with Gasteiger partial charge in [0.1, 0.15) is 17.2 Å². The highest BCUT2D eigenvalue weighted by Gasteiger charge is 2.29. The molecule has 0 bridgehead atoms. The van der Waals surface area contributed by atoms with Crippen LogP contribution in [0.15, 0.2) is 48.7 Å². The van der Waals surface area contributed by atoms with Gasteiger partial charge in [0.15, 0.2) is 17.4 Å². The summed E-state index contributed by atoms with van der Waals surface area (Å²) >= 11 is 6.16. The molecule has 2 aliphatic carbocycles. The number of aromatic nitrogens is 3. The largest absolute Gasteiger partial charge is 0.490 e. The molecular formula is C42H49ClN8O5. The quantitative estimate of drug-likeness (QED) is 0.138. The minimum atomic E-state index is -0.575. The van der Waals surface area contributed by atoms with Crippen LogP contribution in [0.25, 0.3) is 4.85 Å². The minimum absolute atomic E-state index is 0.0389. The second-order valence-electron chi connectivity index (χ2n) is 15.6. The molecule has 2 aromatic heterocycles. The van der Waals surface area contributed by atoms with Gasteiger partial charge >= 0.3 is 0 Å². The number of carbonyl (C=O) groups is 4. The predicted octanol–water partition coefficient (Wildman–Crippen LogP) is 5.67. The molecule has 13 nitrogen and oxygen atoms in total. The lowest BCUT2D eigenvalue weighted by atomic mass is 9.84. The summed E-state index contributed by atoms with van der Waals surface area (Å²) in [6.07, 6.45) is 8.80. The summed E-state index contributed by atoms with van der Waals surface area (Å²) in [7, 11) is 0. The Hall–Kier alpha value is -4.93. The van der Waals surface area contributed by atoms with Gasteiger partial charge in [0.05, 0.1) is 48.5 Å². The van der Waals surface area contributed by atoms with E-state index in [1.54, 1.807) is 18.2 Å². The highest BCUT2D eigenvalue weighted by atomic mass is 35.5. The standard InChI is InChI=1S/C42H49ClN8O5/c1-44-36-11-9-34(25-35(36)43)56-33-7-2-28(3-8-33)22-39(53)38-12-13-41(48-47-38)51-16-14-29(15-17-51)27-49-18-20-50(21-19-49)31-5-4-30(45-26-31)23-42(55)46-37-10-6-32(52)24-40(37)54/h4-5,9,11-13,25-26,28-29,33,37H,2-3,6-8,10,14-24,27H2,(H,46,55). The molecule has 0 spiro atoms. The zero-order valence-electron chi connectivity index (χ0n) is 31.7. The monoisotopic (exact) mass is 780 g/mol. The average Bonchev–Trinajstić information content (AvgIpc) is 3.21. The number of pyridine rings is 1. The van der Waals surface area contributed by atoms with Crippen LogP contribution >= 0.6 is 11.6 Å². The van der Waals surface area contributed by atoms with Crippen molar-refractivity contribution in [3.8, 4) is 5.75 Å². The maximum atomic E-state index is 13.1. The third kappa shape index (κ3) is 10.3. The van der Waals surface area contributed by atoms with Gasteiger partial charge in [-0.05, 0) is 93.2 Å². The first-order valence-electron chi connectivity index (χ1n) is 19.9. The zero-order valence-corrected chi connectivity index (χ0v) is 32.5. The summed E-state index contributed by atoms with van der Waals surface area (Å²) < 4.78 is 6.11. The topological polar surface area (TPSA) is 142 Å². The molecule has 14 heteroatoms. The Balaban J connectivity index is 0.779. The lowest BCUT2D eigenvalue weighted by Crippen LogP contribution is -2.49. The maximum Gasteiger partial charge on any atom is 0.226 e. The second-order valence-corrected chi connectivity index (χ2v) is 16.0. The number of Topliss-reactive ketones (excluding diaryl/α,β-unsaturated/α-hetero) is 3. The number of piperidine rings is 1. The highest BCUT2D eigenvalue weighted by Crippen LogP contribution is 2.34. The Kier molecular flexibility index (Phi) is 12.9. The molecule has 3 aromatic rings. The molecule has 2 saturated carbocycles. The maximum absolute atomic E-state index is 13.1. The Morgan fingerprint density at radius 1 is 0.875 bits per heavy atom. The fourth-order valence-corrected chi connectivity index (χ4v) is 8.56. The van der Waals surface area contributed by atoms with E-state index in [9.17, 15) is 19.2 Å². The third-order valence-electron chi connectivity index (χ3n) is 11.7. The zero-order chi connectivity index (χ0) is 39.0. The molecule has 1 N–H and O–H groups in total. The molecule has 1 aromatic carbocycles. The van der Waals surface area contributed by atoms with Crippen molar-refractivity contribution in [2.45, 2.75) is 82.8 Å². The van der Waals surface area contributed by atoms with Crippen molar-refractivity contribution in [3.05, 3.63) is 76.5 Å². The molecule has 1 unspecified atom stereocenters. The Labute approximate surface area is 332 Å². The van der Waals surface area contributed by atoms with Gasteiger partial charge in [-0.2, -0.15) is 0 Å². The number of amides is 1. The summed E-state index contributed by atoms with van der Waals surface area (Å²) in [6, 6.07) is 12.2. The summed E-state index contributed by atoms with van der Waals surface area (Å²) in [5, 5.41) is 12.0. The molecule has 56 heavy (non-hydrogen) atoms. The van der Waals surface area contributed by atoms with E-state index in [1.807, 2.05) is 30.5 Å². The van der Waals surface area contributed by atoms with E-state index in [1.165, 1.54) is 0 Å². The van der Waals surface area contributed by atoms with Crippen LogP contribution in [0.2, 0.25) is 5.02 Å². The van der Waals surface area contributed by atoms with Gasteiger partial charge in [-0.3, -0.25) is 29.1 Å². The number of carbonyl (C=O) groups excluding carboxylic acids is 4. The molecule has 4 heterocycles. The number of hydrogen-bond donors (Lipinski definition) is 1. The molecule has 0 radical (unpaired) electrons. The van der Waals surface area contributed by atoms with Crippen molar-refractivity contribution in [2.75, 3.05) is 55.6 Å². The number of nitrogens with one attached hydrogen (secondary N) is 1. The number of hydrogen-bond acceptors (Lipinski definition) is 11. The smallest absolute Gasteiger partial charge is 0.226 e. The first-order chi connectivity index (χ1) is 27.2. The molecule has 2 saturated heterocycles. The van der Waals surface area contributed by atoms with Crippen LogP contribution in [0.4, 0.5) is 17.2 Å². The summed E-state index contributed by atoms with van der Waals surface area (Å²) in [4.78, 5) is 64.2. The first kappa shape index (κ1) is 39.3. The van der Waals surface area contributed by atoms with Crippen molar-refractivity contribution in [1.82, 2.24) is 25.4 Å². The molecule has 4 fully saturated rings. The SMILES string of the molecule is [C-]#[N+]c1ccc(OC2CCC(CC(=O)c3ccc(N4CCC(CN5CCN(c6ccc(CC(=O)NC7CCC(=O)CC7=O)nc6)CC5)CC4)nn3)CC2)cc1Cl. The van der Waals surface area contributed by atoms with Crippen LogP contribution in [0.5, 0.6) is 5.75 Å². The van der Waals surface area contributed by atoms with Crippen LogP contribution in [0, 0.1) is 18.4 Å². The van der Waals surface area contributed by atoms with E-state index in [2.05, 4.69) is 40.0 Å². The normalized spacial score (nSPS) is 22.4. The van der Waals surface area contributed by atoms with Crippen LogP contribution < -0.4 is 19.9 Å². The van der Waals surface area contributed by atoms with E-state index >= 15 is 0 Å². The van der Waals surface area contributed by atoms with Crippen molar-refractivity contribution in [2.24, 2.45) is 11.8 Å². The fourth-order valence-electron chi connectivity index (χ4n) is 8.35. The van der Waals surface area contributed by atoms with E-state index in [0.717, 1.165) is 95.8 Å². The Morgan fingerprint density at radius 2 is 1.66 bits per heavy atom. The van der Waals surface area contributed by atoms with Crippen molar-refractivity contribution in [3.63, 3.8) is 0 Å². The average molecular weight is 781 g/mol. The van der Waals surface area contributed by atoms with E-state index in [0.29, 0.717) is 58.9 Å². The number of rotatable bonds is 12. The number of halogens is 1. The number of benzene rings is 1. The fraction of sp³-hybridized carbons (Fsp3) is 0.524. The van der Waals surface area contributed by atoms with Crippen LogP contribution in [-0.4, -0.2) is 101 Å². The first-order valence-corrected chi connectivity index (χ1v) is 20.3. The number of ketones is 3. The van der Waals surface area contributed by atoms with E-state index < -0.39 is 6.04 Å². The number of nitrogens with zero attached hydrogens (tertiary/aromatic N) is 7. The number of anilines is 2. The van der Waals surface area contributed by atoms with Crippen molar-refractivity contribution < 1.29 is 23.9 Å². The van der Waals surface area contributed by atoms with Crippen LogP contribution in [0.3, 0.4) is 0 Å². The Morgan fingerprint density at radius 3 is 2.32 bits per heavy atom. The van der Waals surface area contributed by atoms with E-state index in [-0.39, 0.29) is 42.2 Å². The second kappa shape index (κ2) is 18.3. The molecular weight excluding hydrogens is 732 g/mol. The highest BCUT2D eigenvalue weighted by molar-refractivity contribution is 6.33. The van der Waals surface area contributed by atoms with Crippen molar-refractivity contribution in [1.29, 1.82) is 0 Å². The van der Waals surface area contributed by atoms with Gasteiger partial charge in [0.2, 0.25) is 11.6 Å². The van der Waals surface area contributed by atoms with Crippen molar-refractivity contribution >= 4 is 52.1 Å². The third-order valence-corrected chi connectivity index (χ3v) is 12.0. The molecule has 7 rings (SSSR count). The summed E-state index contributed by atoms with van der Waals surface area (Å²) in [5.41, 5.74) is 2.54. The van der Waals surface area contributed by atoms with Gasteiger partial charge in [-0.15, -0.1) is 10.2 Å². The van der Waals surface area contributed by atoms with Crippen LogP contribution in [-0.2, 0) is 20.8 Å². The summed E-state index contributed by atoms with van der Waals surface area (Å²) in [6.45, 7) is 13.8. The minimum Gasteiger partial charge on any atom is -0.490 e. The molecule has 1 amide bonds. The molecule has 2 aliphatic heterocycles. The molecule has 294 valence electrons. The predicted molar refractivity (Wildman–Crippen MR) is 212 cm³/mol. The van der Waals surface area contributed by atoms with Gasteiger partial charge in [-0.25, -0.2) is 4.85 Å². The molecule has 4 aliphatic rings. The van der Waals surface area contributed by atoms with Crippen LogP contribution in [0.1, 0.15) is 80.4 Å². The van der Waals surface area contributed by atoms with Gasteiger partial charge in [0, 0.05) is 64.3 Å². The lowest BCUT2D eigenvalue weighted by Gasteiger charge is -2.39. The van der Waals surface area contributed by atoms with E-state index in [4.69, 9.17) is 22.9 Å².